The highest BCUT2D eigenvalue weighted by atomic mass is 32.1. The Balaban J connectivity index is 1.44. The van der Waals surface area contributed by atoms with Crippen LogP contribution in [0.15, 0.2) is 29.8 Å². The van der Waals surface area contributed by atoms with Gasteiger partial charge in [-0.15, -0.1) is 11.3 Å². The molecule has 1 aliphatic carbocycles. The van der Waals surface area contributed by atoms with Gasteiger partial charge in [-0.05, 0) is 36.8 Å². The summed E-state index contributed by atoms with van der Waals surface area (Å²) >= 11 is 1.30. The van der Waals surface area contributed by atoms with Gasteiger partial charge in [0, 0.05) is 31.8 Å². The molecule has 2 aromatic heterocycles. The minimum Gasteiger partial charge on any atom is -0.379 e. The van der Waals surface area contributed by atoms with Crippen LogP contribution in [0.5, 0.6) is 0 Å². The molecular formula is C18H23N5O2S. The average Bonchev–Trinajstić information content (AvgIpc) is 3.27. The number of nitrogens with one attached hydrogen (secondary N) is 1. The van der Waals surface area contributed by atoms with Crippen molar-refractivity contribution in [3.8, 4) is 0 Å². The molecule has 4 rings (SSSR count). The Morgan fingerprint density at radius 3 is 2.81 bits per heavy atom. The molecule has 1 saturated carbocycles. The summed E-state index contributed by atoms with van der Waals surface area (Å²) in [5.74, 6) is 1.77. The number of thiazole rings is 1. The van der Waals surface area contributed by atoms with E-state index in [9.17, 15) is 4.79 Å². The highest BCUT2D eigenvalue weighted by Crippen LogP contribution is 2.38. The number of carbonyl (C=O) groups excluding carboxylic acids is 1. The Kier molecular flexibility index (Phi) is 4.78. The number of nitrogens with two attached hydrogens (primary N) is 1. The molecule has 8 heteroatoms. The highest BCUT2D eigenvalue weighted by Gasteiger charge is 2.44. The Bertz CT molecular complexity index is 768. The van der Waals surface area contributed by atoms with Crippen LogP contribution in [-0.2, 0) is 4.74 Å². The standard InChI is InChI=1S/C18H23N5O2S/c1-25-15-7-12-9-23(17(24)14-10-26-18(19)22-14)8-11(12)6-13(15)21-16-4-2-3-5-20-16/h2-5,10-13,15H,6-9H2,1H3,(H2,19,22)(H,20,21)/t11-,12+,13-,15-/m1/s1. The van der Waals surface area contributed by atoms with Gasteiger partial charge in [0.05, 0.1) is 12.1 Å². The minimum absolute atomic E-state index is 0.0180. The van der Waals surface area contributed by atoms with Gasteiger partial charge in [0.15, 0.2) is 5.13 Å². The summed E-state index contributed by atoms with van der Waals surface area (Å²) in [6.07, 6.45) is 3.80. The first-order valence-corrected chi connectivity index (χ1v) is 9.72. The molecule has 3 N–H and O–H groups in total. The fraction of sp³-hybridized carbons (Fsp3) is 0.500. The topological polar surface area (TPSA) is 93.4 Å². The van der Waals surface area contributed by atoms with Crippen LogP contribution in [0.3, 0.4) is 0 Å². The SMILES string of the molecule is CO[C@@H]1C[C@H]2CN(C(=O)c3csc(N)n3)C[C@H]2C[C@H]1Nc1ccccn1. The third kappa shape index (κ3) is 3.39. The number of carbonyl (C=O) groups is 1. The number of pyridine rings is 1. The quantitative estimate of drug-likeness (QED) is 0.852. The van der Waals surface area contributed by atoms with Gasteiger partial charge < -0.3 is 20.7 Å². The summed E-state index contributed by atoms with van der Waals surface area (Å²) < 4.78 is 5.75. The van der Waals surface area contributed by atoms with Crippen LogP contribution < -0.4 is 11.1 Å². The van der Waals surface area contributed by atoms with Gasteiger partial charge in [0.1, 0.15) is 11.5 Å². The van der Waals surface area contributed by atoms with E-state index in [2.05, 4.69) is 15.3 Å². The van der Waals surface area contributed by atoms with Crippen LogP contribution >= 0.6 is 11.3 Å². The third-order valence-corrected chi connectivity index (χ3v) is 6.12. The number of hydrogen-bond donors (Lipinski definition) is 2. The van der Waals surface area contributed by atoms with Gasteiger partial charge >= 0.3 is 0 Å². The zero-order chi connectivity index (χ0) is 18.1. The van der Waals surface area contributed by atoms with Crippen LogP contribution in [-0.4, -0.2) is 53.1 Å². The van der Waals surface area contributed by atoms with E-state index >= 15 is 0 Å². The lowest BCUT2D eigenvalue weighted by molar-refractivity contribution is 0.0304. The number of nitrogens with zero attached hydrogens (tertiary/aromatic N) is 3. The number of methoxy groups -OCH3 is 1. The van der Waals surface area contributed by atoms with Crippen molar-refractivity contribution in [3.63, 3.8) is 0 Å². The molecule has 1 aliphatic heterocycles. The summed E-state index contributed by atoms with van der Waals surface area (Å²) in [5.41, 5.74) is 6.12. The molecule has 2 aromatic rings. The summed E-state index contributed by atoms with van der Waals surface area (Å²) in [6, 6.07) is 6.04. The fourth-order valence-electron chi connectivity index (χ4n) is 4.18. The van der Waals surface area contributed by atoms with E-state index in [0.717, 1.165) is 31.7 Å². The maximum absolute atomic E-state index is 12.7. The number of fused-ring (bicyclic) bond motifs is 1. The second kappa shape index (κ2) is 7.20. The van der Waals surface area contributed by atoms with Gasteiger partial charge in [0.25, 0.3) is 5.91 Å². The molecule has 2 aliphatic rings. The van der Waals surface area contributed by atoms with Crippen LogP contribution in [0, 0.1) is 11.8 Å². The molecule has 1 saturated heterocycles. The Hall–Kier alpha value is -2.19. The Morgan fingerprint density at radius 1 is 1.35 bits per heavy atom. The second-order valence-electron chi connectivity index (χ2n) is 7.01. The van der Waals surface area contributed by atoms with Gasteiger partial charge in [-0.2, -0.15) is 0 Å². The zero-order valence-corrected chi connectivity index (χ0v) is 15.5. The molecule has 26 heavy (non-hydrogen) atoms. The van der Waals surface area contributed by atoms with Gasteiger partial charge in [0.2, 0.25) is 0 Å². The predicted molar refractivity (Wildman–Crippen MR) is 101 cm³/mol. The molecule has 2 fully saturated rings. The summed E-state index contributed by atoms with van der Waals surface area (Å²) in [4.78, 5) is 23.1. The van der Waals surface area contributed by atoms with E-state index in [1.54, 1.807) is 18.7 Å². The summed E-state index contributed by atoms with van der Waals surface area (Å²) in [6.45, 7) is 1.52. The molecule has 0 unspecified atom stereocenters. The lowest BCUT2D eigenvalue weighted by atomic mass is 9.77. The van der Waals surface area contributed by atoms with Crippen LogP contribution in [0.25, 0.3) is 0 Å². The molecule has 0 spiro atoms. The fourth-order valence-corrected chi connectivity index (χ4v) is 4.71. The molecule has 0 bridgehead atoms. The molecule has 4 atom stereocenters. The normalized spacial score (nSPS) is 28.0. The van der Waals surface area contributed by atoms with E-state index in [1.807, 2.05) is 23.1 Å². The number of nitrogen functional groups attached to an aromatic ring is 1. The minimum atomic E-state index is -0.0180. The number of ether oxygens (including phenoxy) is 1. The molecule has 1 amide bonds. The highest BCUT2D eigenvalue weighted by molar-refractivity contribution is 7.13. The zero-order valence-electron chi connectivity index (χ0n) is 14.7. The lowest BCUT2D eigenvalue weighted by Crippen LogP contribution is -2.44. The average molecular weight is 373 g/mol. The van der Waals surface area contributed by atoms with Crippen molar-refractivity contribution in [1.82, 2.24) is 14.9 Å². The molecule has 7 nitrogen and oxygen atoms in total. The van der Waals surface area contributed by atoms with E-state index in [-0.39, 0.29) is 18.1 Å². The monoisotopic (exact) mass is 373 g/mol. The van der Waals surface area contributed by atoms with Gasteiger partial charge in [-0.3, -0.25) is 4.79 Å². The predicted octanol–water partition coefficient (Wildman–Crippen LogP) is 2.10. The van der Waals surface area contributed by atoms with Crippen molar-refractivity contribution < 1.29 is 9.53 Å². The largest absolute Gasteiger partial charge is 0.379 e. The maximum Gasteiger partial charge on any atom is 0.273 e. The molecule has 0 aromatic carbocycles. The number of likely N-dealkylation sites (tertiary alicyclic amines) is 1. The van der Waals surface area contributed by atoms with Crippen LogP contribution in [0.1, 0.15) is 23.3 Å². The molecule has 0 radical (unpaired) electrons. The smallest absolute Gasteiger partial charge is 0.273 e. The summed E-state index contributed by atoms with van der Waals surface area (Å²) in [7, 11) is 1.76. The second-order valence-corrected chi connectivity index (χ2v) is 7.90. The first-order chi connectivity index (χ1) is 12.6. The van der Waals surface area contributed by atoms with Crippen molar-refractivity contribution in [3.05, 3.63) is 35.5 Å². The van der Waals surface area contributed by atoms with Crippen molar-refractivity contribution in [2.24, 2.45) is 11.8 Å². The first kappa shape index (κ1) is 17.2. The maximum atomic E-state index is 12.7. The number of anilines is 2. The van der Waals surface area contributed by atoms with Crippen LogP contribution in [0.2, 0.25) is 0 Å². The number of hydrogen-bond acceptors (Lipinski definition) is 7. The van der Waals surface area contributed by atoms with Gasteiger partial charge in [-0.25, -0.2) is 9.97 Å². The number of rotatable bonds is 4. The third-order valence-electron chi connectivity index (χ3n) is 5.45. The molecule has 3 heterocycles. The van der Waals surface area contributed by atoms with Crippen LogP contribution in [0.4, 0.5) is 10.9 Å². The van der Waals surface area contributed by atoms with E-state index in [4.69, 9.17) is 10.5 Å². The number of aromatic nitrogens is 2. The van der Waals surface area contributed by atoms with Gasteiger partial charge in [-0.1, -0.05) is 6.07 Å². The van der Waals surface area contributed by atoms with E-state index < -0.39 is 0 Å². The molecular weight excluding hydrogens is 350 g/mol. The Morgan fingerprint density at radius 2 is 2.15 bits per heavy atom. The van der Waals surface area contributed by atoms with Crippen molar-refractivity contribution >= 4 is 28.2 Å². The van der Waals surface area contributed by atoms with Crippen molar-refractivity contribution in [1.29, 1.82) is 0 Å². The number of amides is 1. The van der Waals surface area contributed by atoms with E-state index in [0.29, 0.717) is 22.7 Å². The summed E-state index contributed by atoms with van der Waals surface area (Å²) in [5, 5.41) is 5.68. The first-order valence-electron chi connectivity index (χ1n) is 8.84. The van der Waals surface area contributed by atoms with Crippen molar-refractivity contribution in [2.75, 3.05) is 31.2 Å². The van der Waals surface area contributed by atoms with E-state index in [1.165, 1.54) is 11.3 Å². The molecule has 138 valence electrons. The Labute approximate surface area is 156 Å². The lowest BCUT2D eigenvalue weighted by Gasteiger charge is -2.37. The van der Waals surface area contributed by atoms with Crippen molar-refractivity contribution in [2.45, 2.75) is 25.0 Å².